The summed E-state index contributed by atoms with van der Waals surface area (Å²) in [7, 11) is 0. The van der Waals surface area contributed by atoms with Gasteiger partial charge in [0.2, 0.25) is 0 Å². The van der Waals surface area contributed by atoms with Gasteiger partial charge in [0.05, 0.1) is 6.61 Å². The molecule has 2 aliphatic rings. The molecule has 0 radical (unpaired) electrons. The Labute approximate surface area is 134 Å². The summed E-state index contributed by atoms with van der Waals surface area (Å²) in [6.07, 6.45) is 2.15. The third-order valence-corrected chi connectivity index (χ3v) is 5.23. The van der Waals surface area contributed by atoms with E-state index in [0.29, 0.717) is 11.8 Å². The van der Waals surface area contributed by atoms with Crippen molar-refractivity contribution in [1.82, 2.24) is 0 Å². The summed E-state index contributed by atoms with van der Waals surface area (Å²) < 4.78 is 19.1. The molecule has 0 amide bonds. The smallest absolute Gasteiger partial charge is 0.130 e. The summed E-state index contributed by atoms with van der Waals surface area (Å²) in [5, 5.41) is 2.48. The van der Waals surface area contributed by atoms with Crippen LogP contribution in [0.4, 0.5) is 4.39 Å². The average Bonchev–Trinajstić information content (AvgIpc) is 3.21. The highest BCUT2D eigenvalue weighted by Crippen LogP contribution is 2.57. The van der Waals surface area contributed by atoms with Crippen molar-refractivity contribution in [2.24, 2.45) is 0 Å². The van der Waals surface area contributed by atoms with Gasteiger partial charge >= 0.3 is 0 Å². The SMILES string of the molecule is Fc1ccc([C@@H]2C[C@@H]2c2cc3ccccc3c3c2CCO3)cc1. The first kappa shape index (κ1) is 13.1. The van der Waals surface area contributed by atoms with Crippen molar-refractivity contribution in [3.05, 3.63) is 77.1 Å². The normalized spacial score (nSPS) is 22.0. The van der Waals surface area contributed by atoms with Crippen LogP contribution in [0.5, 0.6) is 5.75 Å². The molecule has 1 heterocycles. The van der Waals surface area contributed by atoms with Crippen LogP contribution in [0, 0.1) is 5.82 Å². The number of fused-ring (bicyclic) bond motifs is 3. The third-order valence-electron chi connectivity index (χ3n) is 5.23. The molecule has 2 heteroatoms. The molecule has 5 rings (SSSR count). The van der Waals surface area contributed by atoms with Gasteiger partial charge in [-0.3, -0.25) is 0 Å². The van der Waals surface area contributed by atoms with E-state index in [1.165, 1.54) is 27.5 Å². The van der Waals surface area contributed by atoms with Gasteiger partial charge in [-0.2, -0.15) is 0 Å². The highest BCUT2D eigenvalue weighted by atomic mass is 19.1. The summed E-state index contributed by atoms with van der Waals surface area (Å²) in [4.78, 5) is 0. The number of benzene rings is 3. The second-order valence-corrected chi connectivity index (χ2v) is 6.59. The average molecular weight is 304 g/mol. The van der Waals surface area contributed by atoms with Gasteiger partial charge in [-0.05, 0) is 46.9 Å². The van der Waals surface area contributed by atoms with E-state index in [1.54, 1.807) is 12.1 Å². The van der Waals surface area contributed by atoms with Crippen LogP contribution in [0.25, 0.3) is 10.8 Å². The fourth-order valence-electron chi connectivity index (χ4n) is 4.00. The molecule has 1 aliphatic heterocycles. The Morgan fingerprint density at radius 2 is 1.78 bits per heavy atom. The van der Waals surface area contributed by atoms with Crippen LogP contribution in [0.3, 0.4) is 0 Å². The van der Waals surface area contributed by atoms with Crippen molar-refractivity contribution in [1.29, 1.82) is 0 Å². The van der Waals surface area contributed by atoms with Gasteiger partial charge in [-0.15, -0.1) is 0 Å². The lowest BCUT2D eigenvalue weighted by atomic mass is 9.94. The quantitative estimate of drug-likeness (QED) is 0.633. The molecule has 2 atom stereocenters. The summed E-state index contributed by atoms with van der Waals surface area (Å²) in [6, 6.07) is 17.8. The first-order valence-corrected chi connectivity index (χ1v) is 8.24. The number of halogens is 1. The van der Waals surface area contributed by atoms with E-state index >= 15 is 0 Å². The minimum atomic E-state index is -0.161. The lowest BCUT2D eigenvalue weighted by Gasteiger charge is -2.11. The standard InChI is InChI=1S/C21H17FO/c22-15-7-5-13(6-8-15)18-12-20(18)19-11-14-3-1-2-4-16(14)21-17(19)9-10-23-21/h1-8,11,18,20H,9-10,12H2/t18-,20-/m0/s1. The van der Waals surface area contributed by atoms with E-state index in [9.17, 15) is 4.39 Å². The molecule has 114 valence electrons. The predicted octanol–water partition coefficient (Wildman–Crippen LogP) is 5.18. The zero-order valence-corrected chi connectivity index (χ0v) is 12.8. The van der Waals surface area contributed by atoms with Gasteiger partial charge in [0, 0.05) is 17.4 Å². The summed E-state index contributed by atoms with van der Waals surface area (Å²) in [6.45, 7) is 0.782. The maximum atomic E-state index is 13.1. The van der Waals surface area contributed by atoms with E-state index in [-0.39, 0.29) is 5.82 Å². The Morgan fingerprint density at radius 3 is 2.65 bits per heavy atom. The van der Waals surface area contributed by atoms with E-state index < -0.39 is 0 Å². The topological polar surface area (TPSA) is 9.23 Å². The second kappa shape index (κ2) is 4.82. The van der Waals surface area contributed by atoms with Gasteiger partial charge in [0.1, 0.15) is 11.6 Å². The second-order valence-electron chi connectivity index (χ2n) is 6.59. The summed E-state index contributed by atoms with van der Waals surface area (Å²) in [5.74, 6) is 1.98. The van der Waals surface area contributed by atoms with Crippen LogP contribution in [0.1, 0.15) is 34.9 Å². The molecule has 0 bridgehead atoms. The van der Waals surface area contributed by atoms with Crippen molar-refractivity contribution >= 4 is 10.8 Å². The fourth-order valence-corrected chi connectivity index (χ4v) is 4.00. The third kappa shape index (κ3) is 2.05. The van der Waals surface area contributed by atoms with Crippen LogP contribution in [0.15, 0.2) is 54.6 Å². The molecule has 0 aromatic heterocycles. The molecule has 1 fully saturated rings. The first-order valence-electron chi connectivity index (χ1n) is 8.24. The van der Waals surface area contributed by atoms with Gasteiger partial charge in [0.25, 0.3) is 0 Å². The van der Waals surface area contributed by atoms with Crippen LogP contribution in [-0.4, -0.2) is 6.61 Å². The summed E-state index contributed by atoms with van der Waals surface area (Å²) >= 11 is 0. The van der Waals surface area contributed by atoms with Gasteiger partial charge in [0.15, 0.2) is 0 Å². The molecular weight excluding hydrogens is 287 g/mol. The Kier molecular flexibility index (Phi) is 2.75. The highest BCUT2D eigenvalue weighted by Gasteiger charge is 2.41. The zero-order chi connectivity index (χ0) is 15.4. The van der Waals surface area contributed by atoms with Crippen molar-refractivity contribution < 1.29 is 9.13 Å². The molecule has 23 heavy (non-hydrogen) atoms. The van der Waals surface area contributed by atoms with Crippen LogP contribution in [0.2, 0.25) is 0 Å². The Hall–Kier alpha value is -2.35. The lowest BCUT2D eigenvalue weighted by molar-refractivity contribution is 0.360. The maximum Gasteiger partial charge on any atom is 0.130 e. The number of hydrogen-bond donors (Lipinski definition) is 0. The van der Waals surface area contributed by atoms with Crippen LogP contribution >= 0.6 is 0 Å². The van der Waals surface area contributed by atoms with Crippen molar-refractivity contribution in [2.45, 2.75) is 24.7 Å². The van der Waals surface area contributed by atoms with Gasteiger partial charge < -0.3 is 4.74 Å². The predicted molar refractivity (Wildman–Crippen MR) is 89.6 cm³/mol. The van der Waals surface area contributed by atoms with E-state index in [0.717, 1.165) is 25.2 Å². The molecule has 0 spiro atoms. The molecular formula is C21H17FO. The number of ether oxygens (including phenoxy) is 1. The minimum absolute atomic E-state index is 0.161. The fraction of sp³-hybridized carbons (Fsp3) is 0.238. The Balaban J connectivity index is 1.58. The number of rotatable bonds is 2. The molecule has 3 aromatic carbocycles. The zero-order valence-electron chi connectivity index (χ0n) is 12.8. The maximum absolute atomic E-state index is 13.1. The molecule has 1 aliphatic carbocycles. The van der Waals surface area contributed by atoms with Crippen LogP contribution in [-0.2, 0) is 6.42 Å². The number of hydrogen-bond acceptors (Lipinski definition) is 1. The van der Waals surface area contributed by atoms with Gasteiger partial charge in [-0.25, -0.2) is 4.39 Å². The molecule has 0 saturated heterocycles. The molecule has 1 saturated carbocycles. The molecule has 0 N–H and O–H groups in total. The van der Waals surface area contributed by atoms with Crippen molar-refractivity contribution in [3.63, 3.8) is 0 Å². The molecule has 1 nitrogen and oxygen atoms in total. The molecule has 0 unspecified atom stereocenters. The van der Waals surface area contributed by atoms with Crippen LogP contribution < -0.4 is 4.74 Å². The van der Waals surface area contributed by atoms with Gasteiger partial charge in [-0.1, -0.05) is 42.5 Å². The minimum Gasteiger partial charge on any atom is -0.492 e. The monoisotopic (exact) mass is 304 g/mol. The molecule has 3 aromatic rings. The summed E-state index contributed by atoms with van der Waals surface area (Å²) in [5.41, 5.74) is 4.07. The Morgan fingerprint density at radius 1 is 0.957 bits per heavy atom. The van der Waals surface area contributed by atoms with E-state index in [1.807, 2.05) is 12.1 Å². The van der Waals surface area contributed by atoms with Crippen molar-refractivity contribution in [3.8, 4) is 5.75 Å². The highest BCUT2D eigenvalue weighted by molar-refractivity contribution is 5.91. The van der Waals surface area contributed by atoms with E-state index in [2.05, 4.69) is 30.3 Å². The largest absolute Gasteiger partial charge is 0.492 e. The Bertz CT molecular complexity index is 898. The van der Waals surface area contributed by atoms with E-state index in [4.69, 9.17) is 4.74 Å². The lowest BCUT2D eigenvalue weighted by Crippen LogP contribution is -1.92. The van der Waals surface area contributed by atoms with Crippen molar-refractivity contribution in [2.75, 3.05) is 6.61 Å². The first-order chi connectivity index (χ1) is 11.3.